The Labute approximate surface area is 115 Å². The van der Waals surface area contributed by atoms with E-state index in [-0.39, 0.29) is 0 Å². The topological polar surface area (TPSA) is 33.6 Å². The molecule has 0 amide bonds. The van der Waals surface area contributed by atoms with Gasteiger partial charge in [0.15, 0.2) is 10.4 Å². The average Bonchev–Trinajstić information content (AvgIpc) is 2.61. The summed E-state index contributed by atoms with van der Waals surface area (Å²) in [4.78, 5) is 7.51. The van der Waals surface area contributed by atoms with Crippen LogP contribution in [0.4, 0.5) is 0 Å². The normalized spacial score (nSPS) is 13.1. The second kappa shape index (κ2) is 5.42. The van der Waals surface area contributed by atoms with Crippen LogP contribution in [-0.2, 0) is 0 Å². The van der Waals surface area contributed by atoms with E-state index in [1.54, 1.807) is 6.20 Å². The molecule has 3 nitrogen and oxygen atoms in total. The van der Waals surface area contributed by atoms with E-state index in [1.165, 1.54) is 0 Å². The molecule has 0 saturated heterocycles. The van der Waals surface area contributed by atoms with Crippen molar-refractivity contribution in [3.63, 3.8) is 0 Å². The summed E-state index contributed by atoms with van der Waals surface area (Å²) in [7, 11) is 0. The number of aromatic amines is 1. The number of hydrogen-bond acceptors (Lipinski definition) is 3. The summed E-state index contributed by atoms with van der Waals surface area (Å²) in [5.74, 6) is 1.11. The van der Waals surface area contributed by atoms with Gasteiger partial charge in [0.1, 0.15) is 0 Å². The number of pyridine rings is 1. The molecule has 0 aliphatic heterocycles. The van der Waals surface area contributed by atoms with Gasteiger partial charge in [-0.25, -0.2) is 4.98 Å². The van der Waals surface area contributed by atoms with Crippen LogP contribution in [0, 0.1) is 4.77 Å². The zero-order chi connectivity index (χ0) is 12.4. The minimum Gasteiger partial charge on any atom is -0.329 e. The molecule has 0 spiro atoms. The maximum absolute atomic E-state index is 5.91. The van der Waals surface area contributed by atoms with Crippen LogP contribution in [0.1, 0.15) is 19.4 Å². The van der Waals surface area contributed by atoms with Gasteiger partial charge in [-0.15, -0.1) is 0 Å². The third-order valence-electron chi connectivity index (χ3n) is 2.70. The number of fused-ring (bicyclic) bond motifs is 1. The van der Waals surface area contributed by atoms with Crippen molar-refractivity contribution in [2.75, 3.05) is 12.0 Å². The molecule has 0 saturated carbocycles. The lowest BCUT2D eigenvalue weighted by molar-refractivity contribution is 0.539. The van der Waals surface area contributed by atoms with Crippen molar-refractivity contribution in [2.24, 2.45) is 0 Å². The molecule has 2 heterocycles. The molecule has 0 bridgehead atoms. The zero-order valence-corrected chi connectivity index (χ0v) is 12.1. The number of nitrogens with zero attached hydrogens (tertiary/aromatic N) is 2. The van der Waals surface area contributed by atoms with Crippen LogP contribution in [0.15, 0.2) is 12.3 Å². The first-order valence-corrected chi connectivity index (χ1v) is 7.56. The maximum atomic E-state index is 5.91. The van der Waals surface area contributed by atoms with Crippen molar-refractivity contribution in [3.05, 3.63) is 22.1 Å². The molecule has 0 aliphatic rings. The Morgan fingerprint density at radius 3 is 3.12 bits per heavy atom. The lowest BCUT2D eigenvalue weighted by Gasteiger charge is -2.12. The Balaban J connectivity index is 2.46. The van der Waals surface area contributed by atoms with Gasteiger partial charge in [0, 0.05) is 12.2 Å². The second-order valence-electron chi connectivity index (χ2n) is 3.96. The summed E-state index contributed by atoms with van der Waals surface area (Å²) in [6.07, 6.45) is 4.84. The van der Waals surface area contributed by atoms with E-state index >= 15 is 0 Å². The van der Waals surface area contributed by atoms with Crippen LogP contribution in [0.5, 0.6) is 0 Å². The Morgan fingerprint density at radius 1 is 1.65 bits per heavy atom. The molecule has 6 heteroatoms. The standard InChI is InChI=1S/C11H14ClN3S2/c1-7(3-4-17-2)15-10-9(14-11(15)16)5-8(12)6-13-10/h5-7H,3-4H2,1-2H3,(H,14,16). The number of rotatable bonds is 4. The third-order valence-corrected chi connectivity index (χ3v) is 3.85. The molecule has 2 aromatic heterocycles. The van der Waals surface area contributed by atoms with E-state index in [2.05, 4.69) is 27.7 Å². The van der Waals surface area contributed by atoms with Gasteiger partial charge in [0.2, 0.25) is 0 Å². The van der Waals surface area contributed by atoms with E-state index in [0.29, 0.717) is 15.8 Å². The molecule has 1 N–H and O–H groups in total. The summed E-state index contributed by atoms with van der Waals surface area (Å²) in [5.41, 5.74) is 1.78. The second-order valence-corrected chi connectivity index (χ2v) is 5.76. The van der Waals surface area contributed by atoms with Gasteiger partial charge in [-0.2, -0.15) is 11.8 Å². The largest absolute Gasteiger partial charge is 0.329 e. The van der Waals surface area contributed by atoms with Crippen molar-refractivity contribution in [1.82, 2.24) is 14.5 Å². The number of nitrogens with one attached hydrogen (secondary N) is 1. The molecular formula is C11H14ClN3S2. The fraction of sp³-hybridized carbons (Fsp3) is 0.455. The Morgan fingerprint density at radius 2 is 2.41 bits per heavy atom. The van der Waals surface area contributed by atoms with Crippen molar-refractivity contribution >= 4 is 46.7 Å². The van der Waals surface area contributed by atoms with E-state index in [0.717, 1.165) is 23.3 Å². The molecule has 1 unspecified atom stereocenters. The van der Waals surface area contributed by atoms with Crippen molar-refractivity contribution in [3.8, 4) is 0 Å². The van der Waals surface area contributed by atoms with E-state index in [4.69, 9.17) is 23.8 Å². The Bertz CT molecular complexity index is 576. The van der Waals surface area contributed by atoms with Crippen LogP contribution in [0.2, 0.25) is 5.02 Å². The highest BCUT2D eigenvalue weighted by atomic mass is 35.5. The fourth-order valence-corrected chi connectivity index (χ4v) is 2.93. The summed E-state index contributed by atoms with van der Waals surface area (Å²) < 4.78 is 2.78. The molecule has 2 aromatic rings. The van der Waals surface area contributed by atoms with Crippen molar-refractivity contribution in [1.29, 1.82) is 0 Å². The van der Waals surface area contributed by atoms with Crippen LogP contribution >= 0.6 is 35.6 Å². The van der Waals surface area contributed by atoms with E-state index in [1.807, 2.05) is 17.8 Å². The Hall–Kier alpha value is -0.520. The highest BCUT2D eigenvalue weighted by molar-refractivity contribution is 7.98. The molecule has 2 rings (SSSR count). The first kappa shape index (κ1) is 12.9. The van der Waals surface area contributed by atoms with Gasteiger partial charge in [-0.05, 0) is 43.6 Å². The lowest BCUT2D eigenvalue weighted by Crippen LogP contribution is -2.07. The zero-order valence-electron chi connectivity index (χ0n) is 9.74. The SMILES string of the molecule is CSCCC(C)n1c(=S)[nH]c2cc(Cl)cnc21. The summed E-state index contributed by atoms with van der Waals surface area (Å²) >= 11 is 13.1. The van der Waals surface area contributed by atoms with Gasteiger partial charge in [0.05, 0.1) is 10.5 Å². The van der Waals surface area contributed by atoms with Crippen LogP contribution in [0.3, 0.4) is 0 Å². The average molecular weight is 288 g/mol. The van der Waals surface area contributed by atoms with Gasteiger partial charge >= 0.3 is 0 Å². The Kier molecular flexibility index (Phi) is 4.12. The van der Waals surface area contributed by atoms with Gasteiger partial charge in [-0.1, -0.05) is 11.6 Å². The predicted octanol–water partition coefficient (Wildman–Crippen LogP) is 4.06. The number of halogens is 1. The minimum absolute atomic E-state index is 0.345. The summed E-state index contributed by atoms with van der Waals surface area (Å²) in [5, 5.41) is 0.623. The van der Waals surface area contributed by atoms with Crippen LogP contribution in [-0.4, -0.2) is 26.5 Å². The quantitative estimate of drug-likeness (QED) is 0.861. The highest BCUT2D eigenvalue weighted by Crippen LogP contribution is 2.22. The molecule has 17 heavy (non-hydrogen) atoms. The lowest BCUT2D eigenvalue weighted by atomic mass is 10.2. The molecule has 0 fully saturated rings. The smallest absolute Gasteiger partial charge is 0.179 e. The summed E-state index contributed by atoms with van der Waals surface area (Å²) in [6.45, 7) is 2.16. The predicted molar refractivity (Wildman–Crippen MR) is 77.6 cm³/mol. The van der Waals surface area contributed by atoms with Gasteiger partial charge in [0.25, 0.3) is 0 Å². The van der Waals surface area contributed by atoms with E-state index in [9.17, 15) is 0 Å². The molecular weight excluding hydrogens is 274 g/mol. The van der Waals surface area contributed by atoms with E-state index < -0.39 is 0 Å². The minimum atomic E-state index is 0.345. The maximum Gasteiger partial charge on any atom is 0.179 e. The molecule has 92 valence electrons. The van der Waals surface area contributed by atoms with Crippen molar-refractivity contribution < 1.29 is 0 Å². The van der Waals surface area contributed by atoms with Gasteiger partial charge in [-0.3, -0.25) is 4.57 Å². The number of thioether (sulfide) groups is 1. The van der Waals surface area contributed by atoms with Crippen LogP contribution < -0.4 is 0 Å². The first-order valence-electron chi connectivity index (χ1n) is 5.38. The van der Waals surface area contributed by atoms with Gasteiger partial charge < -0.3 is 4.98 Å². The highest BCUT2D eigenvalue weighted by Gasteiger charge is 2.12. The molecule has 0 aliphatic carbocycles. The third kappa shape index (κ3) is 2.67. The number of aromatic nitrogens is 3. The fourth-order valence-electron chi connectivity index (χ4n) is 1.81. The molecule has 1 atom stereocenters. The molecule has 0 aromatic carbocycles. The molecule has 0 radical (unpaired) electrons. The number of imidazole rings is 1. The van der Waals surface area contributed by atoms with Crippen molar-refractivity contribution in [2.45, 2.75) is 19.4 Å². The first-order chi connectivity index (χ1) is 8.13. The number of H-pyrrole nitrogens is 1. The monoisotopic (exact) mass is 287 g/mol. The van der Waals surface area contributed by atoms with Crippen LogP contribution in [0.25, 0.3) is 11.2 Å². The summed E-state index contributed by atoms with van der Waals surface area (Å²) in [6, 6.07) is 2.20. The number of hydrogen-bond donors (Lipinski definition) is 1.